The van der Waals surface area contributed by atoms with E-state index >= 15 is 0 Å². The number of nitrogens with zero attached hydrogens (tertiary/aromatic N) is 1. The summed E-state index contributed by atoms with van der Waals surface area (Å²) in [6, 6.07) is 5.99. The van der Waals surface area contributed by atoms with E-state index in [1.165, 1.54) is 0 Å². The number of piperazine rings is 1. The Labute approximate surface area is 122 Å². The predicted molar refractivity (Wildman–Crippen MR) is 79.6 cm³/mol. The van der Waals surface area contributed by atoms with Gasteiger partial charge in [0.1, 0.15) is 5.75 Å². The van der Waals surface area contributed by atoms with Gasteiger partial charge in [0, 0.05) is 36.2 Å². The fourth-order valence-corrected chi connectivity index (χ4v) is 2.85. The molecule has 19 heavy (non-hydrogen) atoms. The number of ether oxygens (including phenoxy) is 1. The van der Waals surface area contributed by atoms with E-state index in [1.807, 2.05) is 25.1 Å². The fourth-order valence-electron chi connectivity index (χ4n) is 2.47. The molecule has 1 saturated heterocycles. The van der Waals surface area contributed by atoms with Gasteiger partial charge in [-0.25, -0.2) is 0 Å². The third-order valence-electron chi connectivity index (χ3n) is 3.40. The van der Waals surface area contributed by atoms with Crippen LogP contribution >= 0.6 is 15.9 Å². The molecule has 2 N–H and O–H groups in total. The molecule has 0 amide bonds. The topological polar surface area (TPSA) is 44.7 Å². The summed E-state index contributed by atoms with van der Waals surface area (Å²) in [7, 11) is 0. The lowest BCUT2D eigenvalue weighted by Crippen LogP contribution is -2.46. The summed E-state index contributed by atoms with van der Waals surface area (Å²) in [6.07, 6.45) is 0. The van der Waals surface area contributed by atoms with Gasteiger partial charge in [-0.2, -0.15) is 0 Å². The Morgan fingerprint density at radius 2 is 2.16 bits per heavy atom. The van der Waals surface area contributed by atoms with Gasteiger partial charge in [0.25, 0.3) is 0 Å². The van der Waals surface area contributed by atoms with Crippen molar-refractivity contribution >= 4 is 15.9 Å². The summed E-state index contributed by atoms with van der Waals surface area (Å²) in [5.74, 6) is 0.864. The van der Waals surface area contributed by atoms with Crippen LogP contribution in [0.4, 0.5) is 0 Å². The molecule has 0 unspecified atom stereocenters. The molecule has 0 radical (unpaired) electrons. The third kappa shape index (κ3) is 3.69. The van der Waals surface area contributed by atoms with Crippen LogP contribution in [0.5, 0.6) is 5.75 Å². The molecule has 0 aliphatic carbocycles. The Hall–Kier alpha value is -0.620. The van der Waals surface area contributed by atoms with Gasteiger partial charge in [-0.15, -0.1) is 0 Å². The zero-order valence-corrected chi connectivity index (χ0v) is 12.8. The van der Waals surface area contributed by atoms with Crippen molar-refractivity contribution in [1.29, 1.82) is 0 Å². The van der Waals surface area contributed by atoms with Crippen LogP contribution in [0.2, 0.25) is 0 Å². The van der Waals surface area contributed by atoms with Gasteiger partial charge in [-0.3, -0.25) is 4.90 Å². The Kier molecular flexibility index (Phi) is 5.63. The maximum atomic E-state index is 9.78. The smallest absolute Gasteiger partial charge is 0.124 e. The molecule has 1 heterocycles. The van der Waals surface area contributed by atoms with E-state index in [0.717, 1.165) is 42.0 Å². The molecule has 4 nitrogen and oxygen atoms in total. The molecule has 5 heteroatoms. The molecule has 1 aliphatic heterocycles. The standard InChI is InChI=1S/C14H21BrN2O2/c1-2-19-14-4-3-11(15)9-12(14)13(10-18)17-7-5-16-6-8-17/h3-4,9,13,16,18H,2,5-8,10H2,1H3/t13-/m1/s1. The summed E-state index contributed by atoms with van der Waals surface area (Å²) < 4.78 is 6.70. The number of nitrogens with one attached hydrogen (secondary N) is 1. The lowest BCUT2D eigenvalue weighted by molar-refractivity contribution is 0.108. The second-order valence-electron chi connectivity index (χ2n) is 4.60. The molecule has 0 aromatic heterocycles. The number of benzene rings is 1. The Bertz CT molecular complexity index is 408. The number of hydrogen-bond donors (Lipinski definition) is 2. The zero-order valence-electron chi connectivity index (χ0n) is 11.2. The van der Waals surface area contributed by atoms with Crippen LogP contribution in [0, 0.1) is 0 Å². The minimum atomic E-state index is 0.00106. The third-order valence-corrected chi connectivity index (χ3v) is 3.89. The normalized spacial score (nSPS) is 18.3. The number of aliphatic hydroxyl groups is 1. The van der Waals surface area contributed by atoms with Crippen molar-refractivity contribution in [3.05, 3.63) is 28.2 Å². The molecular formula is C14H21BrN2O2. The minimum absolute atomic E-state index is 0.00106. The van der Waals surface area contributed by atoms with Crippen LogP contribution in [-0.4, -0.2) is 49.4 Å². The first-order chi connectivity index (χ1) is 9.26. The highest BCUT2D eigenvalue weighted by atomic mass is 79.9. The number of rotatable bonds is 5. The second kappa shape index (κ2) is 7.24. The van der Waals surface area contributed by atoms with Crippen LogP contribution in [0.1, 0.15) is 18.5 Å². The highest BCUT2D eigenvalue weighted by Gasteiger charge is 2.24. The van der Waals surface area contributed by atoms with Crippen LogP contribution in [-0.2, 0) is 0 Å². The van der Waals surface area contributed by atoms with E-state index < -0.39 is 0 Å². The van der Waals surface area contributed by atoms with Gasteiger partial charge < -0.3 is 15.2 Å². The fraction of sp³-hybridized carbons (Fsp3) is 0.571. The van der Waals surface area contributed by atoms with Crippen molar-refractivity contribution in [2.24, 2.45) is 0 Å². The van der Waals surface area contributed by atoms with E-state index in [0.29, 0.717) is 6.61 Å². The monoisotopic (exact) mass is 328 g/mol. The van der Waals surface area contributed by atoms with Crippen molar-refractivity contribution in [3.63, 3.8) is 0 Å². The Morgan fingerprint density at radius 1 is 1.42 bits per heavy atom. The van der Waals surface area contributed by atoms with Gasteiger partial charge in [-0.05, 0) is 25.1 Å². The summed E-state index contributed by atoms with van der Waals surface area (Å²) in [4.78, 5) is 2.31. The summed E-state index contributed by atoms with van der Waals surface area (Å²) in [5, 5.41) is 13.1. The first-order valence-electron chi connectivity index (χ1n) is 6.74. The van der Waals surface area contributed by atoms with Crippen LogP contribution in [0.15, 0.2) is 22.7 Å². The van der Waals surface area contributed by atoms with E-state index in [2.05, 4.69) is 26.1 Å². The molecule has 1 aromatic rings. The SMILES string of the molecule is CCOc1ccc(Br)cc1[C@@H](CO)N1CCNCC1. The van der Waals surface area contributed by atoms with Gasteiger partial charge >= 0.3 is 0 Å². The lowest BCUT2D eigenvalue weighted by atomic mass is 10.0. The van der Waals surface area contributed by atoms with E-state index in [4.69, 9.17) is 4.74 Å². The van der Waals surface area contributed by atoms with E-state index in [9.17, 15) is 5.11 Å². The first-order valence-corrected chi connectivity index (χ1v) is 7.53. The summed E-state index contributed by atoms with van der Waals surface area (Å²) in [6.45, 7) is 6.55. The van der Waals surface area contributed by atoms with Crippen molar-refractivity contribution in [1.82, 2.24) is 10.2 Å². The van der Waals surface area contributed by atoms with Gasteiger partial charge in [-0.1, -0.05) is 15.9 Å². The van der Waals surface area contributed by atoms with Crippen molar-refractivity contribution in [2.75, 3.05) is 39.4 Å². The quantitative estimate of drug-likeness (QED) is 0.865. The highest BCUT2D eigenvalue weighted by Crippen LogP contribution is 2.32. The van der Waals surface area contributed by atoms with E-state index in [1.54, 1.807) is 0 Å². The Balaban J connectivity index is 2.27. The maximum Gasteiger partial charge on any atom is 0.124 e. The van der Waals surface area contributed by atoms with Crippen LogP contribution < -0.4 is 10.1 Å². The number of aliphatic hydroxyl groups excluding tert-OH is 1. The molecule has 0 bridgehead atoms. The average Bonchev–Trinajstić information content (AvgIpc) is 2.44. The largest absolute Gasteiger partial charge is 0.494 e. The molecule has 0 saturated carbocycles. The lowest BCUT2D eigenvalue weighted by Gasteiger charge is -2.34. The highest BCUT2D eigenvalue weighted by molar-refractivity contribution is 9.10. The molecule has 1 aromatic carbocycles. The minimum Gasteiger partial charge on any atom is -0.494 e. The van der Waals surface area contributed by atoms with Crippen molar-refractivity contribution in [2.45, 2.75) is 13.0 Å². The molecule has 1 atom stereocenters. The molecular weight excluding hydrogens is 308 g/mol. The van der Waals surface area contributed by atoms with Crippen molar-refractivity contribution < 1.29 is 9.84 Å². The van der Waals surface area contributed by atoms with Crippen molar-refractivity contribution in [3.8, 4) is 5.75 Å². The molecule has 1 fully saturated rings. The maximum absolute atomic E-state index is 9.78. The van der Waals surface area contributed by atoms with Gasteiger partial charge in [0.2, 0.25) is 0 Å². The van der Waals surface area contributed by atoms with Gasteiger partial charge in [0.15, 0.2) is 0 Å². The summed E-state index contributed by atoms with van der Waals surface area (Å²) >= 11 is 3.50. The predicted octanol–water partition coefficient (Wildman–Crippen LogP) is 1.79. The van der Waals surface area contributed by atoms with Crippen LogP contribution in [0.25, 0.3) is 0 Å². The number of hydrogen-bond acceptors (Lipinski definition) is 4. The molecule has 1 aliphatic rings. The molecule has 106 valence electrons. The molecule has 0 spiro atoms. The number of halogens is 1. The average molecular weight is 329 g/mol. The zero-order chi connectivity index (χ0) is 13.7. The van der Waals surface area contributed by atoms with E-state index in [-0.39, 0.29) is 12.6 Å². The van der Waals surface area contributed by atoms with Gasteiger partial charge in [0.05, 0.1) is 19.3 Å². The Morgan fingerprint density at radius 3 is 2.79 bits per heavy atom. The first kappa shape index (κ1) is 14.8. The van der Waals surface area contributed by atoms with Crippen LogP contribution in [0.3, 0.4) is 0 Å². The summed E-state index contributed by atoms with van der Waals surface area (Å²) in [5.41, 5.74) is 1.06. The second-order valence-corrected chi connectivity index (χ2v) is 5.52. The molecule has 2 rings (SSSR count).